The largest absolute Gasteiger partial charge is 0.456 e. The van der Waals surface area contributed by atoms with Crippen LogP contribution in [-0.4, -0.2) is 15.0 Å². The summed E-state index contributed by atoms with van der Waals surface area (Å²) in [5, 5.41) is 4.93. The lowest BCUT2D eigenvalue weighted by molar-refractivity contribution is 0.669. The number of rotatable bonds is 4. The van der Waals surface area contributed by atoms with Crippen LogP contribution >= 0.6 is 0 Å². The molecule has 0 fully saturated rings. The van der Waals surface area contributed by atoms with Crippen molar-refractivity contribution in [3.05, 3.63) is 151 Å². The summed E-state index contributed by atoms with van der Waals surface area (Å²) in [5.41, 5.74) is 1.69. The molecule has 9 rings (SSSR count). The Morgan fingerprint density at radius 3 is 1.84 bits per heavy atom. The highest BCUT2D eigenvalue weighted by molar-refractivity contribution is 6.14. The number of furan rings is 1. The predicted molar refractivity (Wildman–Crippen MR) is 184 cm³/mol. The van der Waals surface area contributed by atoms with Crippen molar-refractivity contribution < 1.29 is 16.8 Å². The Morgan fingerprint density at radius 2 is 1.04 bits per heavy atom. The molecule has 210 valence electrons. The second kappa shape index (κ2) is 10.2. The number of nitrogens with zero attached hydrogens (tertiary/aromatic N) is 3. The Kier molecular flexibility index (Phi) is 4.07. The van der Waals surface area contributed by atoms with E-state index in [-0.39, 0.29) is 46.2 Å². The Balaban J connectivity index is 1.35. The topological polar surface area (TPSA) is 51.8 Å². The van der Waals surface area contributed by atoms with Gasteiger partial charge in [-0.2, -0.15) is 0 Å². The van der Waals surface area contributed by atoms with E-state index in [9.17, 15) is 5.48 Å². The van der Waals surface area contributed by atoms with Gasteiger partial charge >= 0.3 is 0 Å². The van der Waals surface area contributed by atoms with E-state index in [1.807, 2.05) is 78.9 Å². The molecule has 0 N–H and O–H groups in total. The third-order valence-corrected chi connectivity index (χ3v) is 7.89. The van der Waals surface area contributed by atoms with Gasteiger partial charge in [-0.3, -0.25) is 0 Å². The summed E-state index contributed by atoms with van der Waals surface area (Å²) >= 11 is 0. The van der Waals surface area contributed by atoms with Crippen LogP contribution in [0, 0.1) is 0 Å². The first kappa shape index (κ1) is 17.9. The Morgan fingerprint density at radius 1 is 0.444 bits per heavy atom. The van der Waals surface area contributed by atoms with Gasteiger partial charge in [0.1, 0.15) is 11.2 Å². The minimum atomic E-state index is -0.589. The fraction of sp³-hybridized carbons (Fsp3) is 0. The molecule has 0 aliphatic heterocycles. The van der Waals surface area contributed by atoms with Crippen molar-refractivity contribution in [2.45, 2.75) is 0 Å². The van der Waals surface area contributed by atoms with Crippen molar-refractivity contribution in [3.63, 3.8) is 0 Å². The third-order valence-electron chi connectivity index (χ3n) is 7.89. The highest BCUT2D eigenvalue weighted by Gasteiger charge is 2.18. The average Bonchev–Trinajstić information content (AvgIpc) is 3.58. The minimum absolute atomic E-state index is 0.0143. The van der Waals surface area contributed by atoms with Gasteiger partial charge in [0.2, 0.25) is 0 Å². The number of para-hydroxylation sites is 1. The molecule has 0 radical (unpaired) electrons. The number of benzene rings is 7. The lowest BCUT2D eigenvalue weighted by Gasteiger charge is -2.12. The van der Waals surface area contributed by atoms with Crippen molar-refractivity contribution in [2.24, 2.45) is 0 Å². The quantitative estimate of drug-likeness (QED) is 0.193. The summed E-state index contributed by atoms with van der Waals surface area (Å²) in [4.78, 5) is 13.9. The molecule has 0 saturated carbocycles. The van der Waals surface area contributed by atoms with E-state index in [4.69, 9.17) is 16.3 Å². The predicted octanol–water partition coefficient (Wildman–Crippen LogP) is 10.7. The van der Waals surface area contributed by atoms with Gasteiger partial charge in [0.15, 0.2) is 17.5 Å². The first-order chi connectivity index (χ1) is 26.0. The molecular weight excluding hydrogens is 550 g/mol. The van der Waals surface area contributed by atoms with Gasteiger partial charge < -0.3 is 4.42 Å². The minimum Gasteiger partial charge on any atom is -0.456 e. The van der Waals surface area contributed by atoms with Crippen LogP contribution in [0.1, 0.15) is 12.3 Å². The molecule has 7 aromatic carbocycles. The van der Waals surface area contributed by atoms with Gasteiger partial charge in [-0.15, -0.1) is 0 Å². The second-order valence-corrected chi connectivity index (χ2v) is 10.5. The average molecular weight is 585 g/mol. The summed E-state index contributed by atoms with van der Waals surface area (Å²) in [6, 6.07) is 25.6. The second-order valence-electron chi connectivity index (χ2n) is 10.5. The van der Waals surface area contributed by atoms with Gasteiger partial charge in [-0.05, 0) is 50.9 Å². The van der Waals surface area contributed by atoms with E-state index < -0.39 is 42.3 Å². The van der Waals surface area contributed by atoms with Crippen LogP contribution in [0.25, 0.3) is 88.8 Å². The Bertz CT molecular complexity index is 3010. The van der Waals surface area contributed by atoms with Crippen molar-refractivity contribution in [3.8, 4) is 45.3 Å². The number of hydrogen-bond donors (Lipinski definition) is 0. The summed E-state index contributed by atoms with van der Waals surface area (Å²) in [6.07, 6.45) is 0. The lowest BCUT2D eigenvalue weighted by atomic mass is 9.93. The normalized spacial score (nSPS) is 14.4. The maximum Gasteiger partial charge on any atom is 0.164 e. The highest BCUT2D eigenvalue weighted by atomic mass is 16.3. The van der Waals surface area contributed by atoms with Crippen molar-refractivity contribution in [1.82, 2.24) is 15.0 Å². The van der Waals surface area contributed by atoms with E-state index in [1.165, 1.54) is 0 Å². The molecule has 0 bridgehead atoms. The van der Waals surface area contributed by atoms with Crippen LogP contribution in [0.15, 0.2) is 156 Å². The lowest BCUT2D eigenvalue weighted by Crippen LogP contribution is -2.00. The van der Waals surface area contributed by atoms with Gasteiger partial charge in [-0.25, -0.2) is 15.0 Å². The standard InChI is InChI=1S/C41H25N3O/c1-2-11-27(12-3-1)39-42-40(44-41(43-39)34-18-10-20-37-38(34)33-17-8-9-19-36(33)45-37)28-23-21-26(22-24-28)35-25-29-13-4-5-14-30(29)31-15-6-7-16-32(31)35/h1-25H/i1D,2D,3D,11D,12D,21D,22D,23D,24D. The third kappa shape index (κ3) is 4.27. The maximum absolute atomic E-state index is 9.31. The van der Waals surface area contributed by atoms with Crippen LogP contribution in [0.5, 0.6) is 0 Å². The molecule has 9 aromatic rings. The molecule has 0 atom stereocenters. The Labute approximate surface area is 271 Å². The molecule has 0 aliphatic carbocycles. The Hall–Kier alpha value is -6.13. The summed E-state index contributed by atoms with van der Waals surface area (Å²) in [7, 11) is 0. The fourth-order valence-corrected chi connectivity index (χ4v) is 5.86. The van der Waals surface area contributed by atoms with E-state index >= 15 is 0 Å². The van der Waals surface area contributed by atoms with E-state index in [0.717, 1.165) is 26.9 Å². The monoisotopic (exact) mass is 584 g/mol. The van der Waals surface area contributed by atoms with Crippen LogP contribution in [-0.2, 0) is 0 Å². The first-order valence-corrected chi connectivity index (χ1v) is 14.3. The number of aromatic nitrogens is 3. The van der Waals surface area contributed by atoms with Crippen LogP contribution < -0.4 is 0 Å². The van der Waals surface area contributed by atoms with Gasteiger partial charge in [-0.1, -0.05) is 133 Å². The van der Waals surface area contributed by atoms with Crippen LogP contribution in [0.3, 0.4) is 0 Å². The van der Waals surface area contributed by atoms with Crippen molar-refractivity contribution >= 4 is 43.5 Å². The van der Waals surface area contributed by atoms with Gasteiger partial charge in [0.25, 0.3) is 0 Å². The molecule has 0 amide bonds. The molecule has 45 heavy (non-hydrogen) atoms. The van der Waals surface area contributed by atoms with Crippen LogP contribution in [0.4, 0.5) is 0 Å². The van der Waals surface area contributed by atoms with E-state index in [1.54, 1.807) is 18.2 Å². The molecule has 4 heteroatoms. The van der Waals surface area contributed by atoms with E-state index in [0.29, 0.717) is 27.7 Å². The van der Waals surface area contributed by atoms with Crippen molar-refractivity contribution in [1.29, 1.82) is 0 Å². The summed E-state index contributed by atoms with van der Waals surface area (Å²) in [6.45, 7) is 0. The maximum atomic E-state index is 9.31. The molecule has 2 aromatic heterocycles. The SMILES string of the molecule is [2H]c1c([2H])c([2H])c(-c2nc(-c3c([2H])c([2H])c(-c4cc5ccccc5c5ccccc45)c([2H])c3[2H])nc(-c3cccc4oc5ccccc5c34)n2)c([2H])c1[2H]. The van der Waals surface area contributed by atoms with Crippen molar-refractivity contribution in [2.75, 3.05) is 0 Å². The highest BCUT2D eigenvalue weighted by Crippen LogP contribution is 2.38. The molecule has 0 saturated heterocycles. The molecule has 2 heterocycles. The van der Waals surface area contributed by atoms with Gasteiger partial charge in [0.05, 0.1) is 12.3 Å². The van der Waals surface area contributed by atoms with E-state index in [2.05, 4.69) is 9.97 Å². The summed E-state index contributed by atoms with van der Waals surface area (Å²) in [5.74, 6) is -0.544. The molecule has 0 spiro atoms. The number of hydrogen-bond acceptors (Lipinski definition) is 4. The zero-order chi connectivity index (χ0) is 37.6. The molecule has 0 aliphatic rings. The van der Waals surface area contributed by atoms with Crippen LogP contribution in [0.2, 0.25) is 0 Å². The first-order valence-electron chi connectivity index (χ1n) is 18.8. The molecular formula is C41H25N3O. The molecule has 4 nitrogen and oxygen atoms in total. The fourth-order valence-electron chi connectivity index (χ4n) is 5.86. The smallest absolute Gasteiger partial charge is 0.164 e. The van der Waals surface area contributed by atoms with Gasteiger partial charge in [0, 0.05) is 27.5 Å². The zero-order valence-corrected chi connectivity index (χ0v) is 23.5. The zero-order valence-electron chi connectivity index (χ0n) is 32.5. The summed E-state index contributed by atoms with van der Waals surface area (Å²) < 4.78 is 85.6. The molecule has 0 unspecified atom stereocenters. The number of fused-ring (bicyclic) bond motifs is 6.